The van der Waals surface area contributed by atoms with Crippen molar-refractivity contribution >= 4 is 33.9 Å². The van der Waals surface area contributed by atoms with Gasteiger partial charge in [-0.05, 0) is 41.3 Å². The number of hydrogen-bond donors (Lipinski definition) is 2. The Labute approximate surface area is 125 Å². The van der Waals surface area contributed by atoms with Gasteiger partial charge in [0.25, 0.3) is 5.69 Å². The maximum Gasteiger partial charge on any atom is 0.293 e. The normalized spacial score (nSPS) is 10.7. The minimum atomic E-state index is -0.441. The zero-order valence-electron chi connectivity index (χ0n) is 11.0. The predicted molar refractivity (Wildman–Crippen MR) is 83.7 cm³/mol. The predicted octanol–water partition coefficient (Wildman–Crippen LogP) is 4.34. The third kappa shape index (κ3) is 2.83. The van der Waals surface area contributed by atoms with Crippen molar-refractivity contribution in [1.82, 2.24) is 4.98 Å². The first-order chi connectivity index (χ1) is 10.1. The van der Waals surface area contributed by atoms with Gasteiger partial charge in [0, 0.05) is 29.3 Å². The van der Waals surface area contributed by atoms with Crippen molar-refractivity contribution in [2.75, 3.05) is 5.32 Å². The lowest BCUT2D eigenvalue weighted by atomic mass is 10.1. The summed E-state index contributed by atoms with van der Waals surface area (Å²) >= 11 is 5.80. The van der Waals surface area contributed by atoms with Crippen molar-refractivity contribution in [1.29, 1.82) is 0 Å². The van der Waals surface area contributed by atoms with Crippen LogP contribution in [0.4, 0.5) is 11.4 Å². The van der Waals surface area contributed by atoms with Crippen molar-refractivity contribution in [3.8, 4) is 0 Å². The van der Waals surface area contributed by atoms with Crippen LogP contribution in [-0.4, -0.2) is 9.91 Å². The van der Waals surface area contributed by atoms with Crippen LogP contribution in [0.2, 0.25) is 5.02 Å². The first-order valence-electron chi connectivity index (χ1n) is 6.37. The number of nitro groups is 1. The van der Waals surface area contributed by atoms with E-state index < -0.39 is 4.92 Å². The summed E-state index contributed by atoms with van der Waals surface area (Å²) in [7, 11) is 0. The van der Waals surface area contributed by atoms with Crippen LogP contribution >= 0.6 is 11.6 Å². The smallest absolute Gasteiger partial charge is 0.293 e. The number of nitrogens with one attached hydrogen (secondary N) is 2. The molecular formula is C15H12ClN3O2. The molecular weight excluding hydrogens is 290 g/mol. The molecule has 0 spiro atoms. The third-order valence-electron chi connectivity index (χ3n) is 3.26. The van der Waals surface area contributed by atoms with Crippen LogP contribution in [0.3, 0.4) is 0 Å². The second-order valence-electron chi connectivity index (χ2n) is 4.67. The standard InChI is InChI=1S/C15H12ClN3O2/c16-12-2-4-14(15(8-12)19(20)21)18-9-10-1-3-13-11(7-10)5-6-17-13/h1-8,17-18H,9H2. The Kier molecular flexibility index (Phi) is 3.50. The second-order valence-corrected chi connectivity index (χ2v) is 5.11. The number of rotatable bonds is 4. The van der Waals surface area contributed by atoms with Gasteiger partial charge in [0.05, 0.1) is 4.92 Å². The highest BCUT2D eigenvalue weighted by Gasteiger charge is 2.13. The average Bonchev–Trinajstić information content (AvgIpc) is 2.93. The fourth-order valence-electron chi connectivity index (χ4n) is 2.22. The minimum absolute atomic E-state index is 0.0229. The number of aromatic nitrogens is 1. The van der Waals surface area contributed by atoms with Crippen molar-refractivity contribution in [3.63, 3.8) is 0 Å². The first-order valence-corrected chi connectivity index (χ1v) is 6.75. The molecule has 0 bridgehead atoms. The van der Waals surface area contributed by atoms with E-state index in [2.05, 4.69) is 10.3 Å². The molecule has 0 amide bonds. The molecule has 0 aliphatic rings. The highest BCUT2D eigenvalue weighted by atomic mass is 35.5. The lowest BCUT2D eigenvalue weighted by Crippen LogP contribution is -2.02. The largest absolute Gasteiger partial charge is 0.375 e. The van der Waals surface area contributed by atoms with Crippen LogP contribution in [0.25, 0.3) is 10.9 Å². The summed E-state index contributed by atoms with van der Waals surface area (Å²) in [5.41, 5.74) is 2.55. The van der Waals surface area contributed by atoms with E-state index in [0.717, 1.165) is 16.5 Å². The Bertz CT molecular complexity index is 814. The van der Waals surface area contributed by atoms with Gasteiger partial charge in [0.2, 0.25) is 0 Å². The van der Waals surface area contributed by atoms with Gasteiger partial charge in [0.15, 0.2) is 0 Å². The Morgan fingerprint density at radius 3 is 2.86 bits per heavy atom. The molecule has 0 aliphatic carbocycles. The number of aromatic amines is 1. The second kappa shape index (κ2) is 5.46. The zero-order valence-corrected chi connectivity index (χ0v) is 11.7. The van der Waals surface area contributed by atoms with E-state index >= 15 is 0 Å². The van der Waals surface area contributed by atoms with Gasteiger partial charge in [-0.15, -0.1) is 0 Å². The number of anilines is 1. The molecule has 3 aromatic rings. The number of H-pyrrole nitrogens is 1. The van der Waals surface area contributed by atoms with E-state index in [1.807, 2.05) is 30.5 Å². The van der Waals surface area contributed by atoms with E-state index in [4.69, 9.17) is 11.6 Å². The molecule has 2 aromatic carbocycles. The van der Waals surface area contributed by atoms with Gasteiger partial charge in [-0.25, -0.2) is 0 Å². The number of fused-ring (bicyclic) bond motifs is 1. The van der Waals surface area contributed by atoms with Gasteiger partial charge < -0.3 is 10.3 Å². The maximum absolute atomic E-state index is 11.0. The molecule has 106 valence electrons. The summed E-state index contributed by atoms with van der Waals surface area (Å²) in [5, 5.41) is 15.6. The van der Waals surface area contributed by atoms with Gasteiger partial charge in [0.1, 0.15) is 5.69 Å². The Hall–Kier alpha value is -2.53. The molecule has 0 aliphatic heterocycles. The summed E-state index contributed by atoms with van der Waals surface area (Å²) in [5.74, 6) is 0. The topological polar surface area (TPSA) is 71.0 Å². The van der Waals surface area contributed by atoms with Crippen LogP contribution in [0.1, 0.15) is 5.56 Å². The number of nitro benzene ring substituents is 1. The zero-order chi connectivity index (χ0) is 14.8. The number of nitrogens with zero attached hydrogens (tertiary/aromatic N) is 1. The third-order valence-corrected chi connectivity index (χ3v) is 3.49. The van der Waals surface area contributed by atoms with E-state index in [0.29, 0.717) is 17.3 Å². The van der Waals surface area contributed by atoms with E-state index in [9.17, 15) is 10.1 Å². The lowest BCUT2D eigenvalue weighted by Gasteiger charge is -2.08. The number of halogens is 1. The minimum Gasteiger partial charge on any atom is -0.375 e. The van der Waals surface area contributed by atoms with Crippen molar-refractivity contribution in [3.05, 3.63) is 69.4 Å². The van der Waals surface area contributed by atoms with Gasteiger partial charge in [-0.1, -0.05) is 17.7 Å². The quantitative estimate of drug-likeness (QED) is 0.556. The fourth-order valence-corrected chi connectivity index (χ4v) is 2.38. The monoisotopic (exact) mass is 301 g/mol. The van der Waals surface area contributed by atoms with Crippen molar-refractivity contribution in [2.45, 2.75) is 6.54 Å². The lowest BCUT2D eigenvalue weighted by molar-refractivity contribution is -0.383. The summed E-state index contributed by atoms with van der Waals surface area (Å²) in [6.45, 7) is 0.504. The number of hydrogen-bond acceptors (Lipinski definition) is 3. The molecule has 3 rings (SSSR count). The van der Waals surface area contributed by atoms with Gasteiger partial charge in [-0.2, -0.15) is 0 Å². The van der Waals surface area contributed by atoms with Crippen molar-refractivity contribution in [2.24, 2.45) is 0 Å². The molecule has 0 unspecified atom stereocenters. The molecule has 0 atom stereocenters. The van der Waals surface area contributed by atoms with Crippen LogP contribution in [0.5, 0.6) is 0 Å². The molecule has 2 N–H and O–H groups in total. The highest BCUT2D eigenvalue weighted by Crippen LogP contribution is 2.28. The molecule has 6 heteroatoms. The first kappa shape index (κ1) is 13.5. The maximum atomic E-state index is 11.0. The SMILES string of the molecule is O=[N+]([O-])c1cc(Cl)ccc1NCc1ccc2[nH]ccc2c1. The Balaban J connectivity index is 1.82. The van der Waals surface area contributed by atoms with Crippen LogP contribution in [-0.2, 0) is 6.54 Å². The summed E-state index contributed by atoms with van der Waals surface area (Å²) in [4.78, 5) is 13.7. The van der Waals surface area contributed by atoms with Crippen molar-refractivity contribution < 1.29 is 4.92 Å². The van der Waals surface area contributed by atoms with E-state index in [1.54, 1.807) is 12.1 Å². The molecule has 5 nitrogen and oxygen atoms in total. The molecule has 0 saturated heterocycles. The van der Waals surface area contributed by atoms with Crippen LogP contribution in [0.15, 0.2) is 48.7 Å². The van der Waals surface area contributed by atoms with Gasteiger partial charge in [-0.3, -0.25) is 10.1 Å². The van der Waals surface area contributed by atoms with Crippen LogP contribution in [0, 0.1) is 10.1 Å². The summed E-state index contributed by atoms with van der Waals surface area (Å²) in [6, 6.07) is 12.6. The fraction of sp³-hybridized carbons (Fsp3) is 0.0667. The molecule has 0 saturated carbocycles. The molecule has 1 aromatic heterocycles. The van der Waals surface area contributed by atoms with E-state index in [1.165, 1.54) is 6.07 Å². The highest BCUT2D eigenvalue weighted by molar-refractivity contribution is 6.30. The van der Waals surface area contributed by atoms with E-state index in [-0.39, 0.29) is 5.69 Å². The molecule has 1 heterocycles. The Morgan fingerprint density at radius 1 is 1.19 bits per heavy atom. The van der Waals surface area contributed by atoms with Gasteiger partial charge >= 0.3 is 0 Å². The van der Waals surface area contributed by atoms with Crippen LogP contribution < -0.4 is 5.32 Å². The summed E-state index contributed by atoms with van der Waals surface area (Å²) in [6.07, 6.45) is 1.88. The molecule has 21 heavy (non-hydrogen) atoms. The average molecular weight is 302 g/mol. The summed E-state index contributed by atoms with van der Waals surface area (Å²) < 4.78 is 0. The molecule has 0 radical (unpaired) electrons. The Morgan fingerprint density at radius 2 is 2.05 bits per heavy atom. The molecule has 0 fully saturated rings. The number of benzene rings is 2.